The molecule has 2 aromatic heterocycles. The maximum absolute atomic E-state index is 4.62. The lowest BCUT2D eigenvalue weighted by atomic mass is 10.2. The van der Waals surface area contributed by atoms with Crippen molar-refractivity contribution in [2.24, 2.45) is 0 Å². The van der Waals surface area contributed by atoms with Gasteiger partial charge in [0.2, 0.25) is 0 Å². The van der Waals surface area contributed by atoms with Crippen molar-refractivity contribution in [2.45, 2.75) is 59.2 Å². The van der Waals surface area contributed by atoms with Crippen molar-refractivity contribution in [1.29, 1.82) is 0 Å². The van der Waals surface area contributed by atoms with E-state index in [2.05, 4.69) is 61.7 Å². The molecule has 5 heteroatoms. The molecule has 0 aromatic carbocycles. The van der Waals surface area contributed by atoms with E-state index in [1.54, 1.807) is 0 Å². The number of nitrogens with zero attached hydrogens (tertiary/aromatic N) is 4. The average Bonchev–Trinajstić information content (AvgIpc) is 3.14. The Kier molecular flexibility index (Phi) is 5.56. The van der Waals surface area contributed by atoms with Gasteiger partial charge in [-0.3, -0.25) is 9.36 Å². The molecule has 1 N–H and O–H groups in total. The van der Waals surface area contributed by atoms with Gasteiger partial charge < -0.3 is 5.32 Å². The summed E-state index contributed by atoms with van der Waals surface area (Å²) in [5, 5.41) is 12.5. The molecule has 116 valence electrons. The van der Waals surface area contributed by atoms with Gasteiger partial charge >= 0.3 is 0 Å². The molecule has 2 heterocycles. The van der Waals surface area contributed by atoms with E-state index in [9.17, 15) is 0 Å². The van der Waals surface area contributed by atoms with E-state index < -0.39 is 0 Å². The standard InChI is InChI=1S/C16H27N5/c1-5-8-17-14(4)15-10-18-20(11-15)12-16-7-9-21(19-16)13(3)6-2/h7,9-11,13-14,17H,5-6,8,12H2,1-4H3. The molecule has 0 saturated heterocycles. The smallest absolute Gasteiger partial charge is 0.0849 e. The highest BCUT2D eigenvalue weighted by Gasteiger charge is 2.09. The van der Waals surface area contributed by atoms with Crippen LogP contribution in [0.25, 0.3) is 0 Å². The van der Waals surface area contributed by atoms with Crippen molar-refractivity contribution in [1.82, 2.24) is 24.9 Å². The third-order valence-electron chi connectivity index (χ3n) is 3.88. The van der Waals surface area contributed by atoms with Gasteiger partial charge in [0.15, 0.2) is 0 Å². The lowest BCUT2D eigenvalue weighted by Gasteiger charge is -2.10. The molecule has 0 radical (unpaired) electrons. The fourth-order valence-corrected chi connectivity index (χ4v) is 2.23. The number of aromatic nitrogens is 4. The first kappa shape index (κ1) is 15.8. The summed E-state index contributed by atoms with van der Waals surface area (Å²) < 4.78 is 3.99. The largest absolute Gasteiger partial charge is 0.310 e. The first-order valence-corrected chi connectivity index (χ1v) is 7.93. The van der Waals surface area contributed by atoms with Crippen LogP contribution in [0.15, 0.2) is 24.7 Å². The van der Waals surface area contributed by atoms with Crippen LogP contribution in [-0.2, 0) is 6.54 Å². The van der Waals surface area contributed by atoms with Crippen LogP contribution in [0.2, 0.25) is 0 Å². The lowest BCUT2D eigenvalue weighted by Crippen LogP contribution is -2.18. The Labute approximate surface area is 127 Å². The van der Waals surface area contributed by atoms with Crippen molar-refractivity contribution in [3.8, 4) is 0 Å². The molecule has 0 aliphatic carbocycles. The van der Waals surface area contributed by atoms with Crippen molar-refractivity contribution in [2.75, 3.05) is 6.54 Å². The molecule has 0 amide bonds. The monoisotopic (exact) mass is 289 g/mol. The topological polar surface area (TPSA) is 47.7 Å². The third kappa shape index (κ3) is 4.17. The molecular formula is C16H27N5. The van der Waals surface area contributed by atoms with Crippen molar-refractivity contribution >= 4 is 0 Å². The van der Waals surface area contributed by atoms with Gasteiger partial charge in [-0.1, -0.05) is 13.8 Å². The van der Waals surface area contributed by atoms with Crippen molar-refractivity contribution in [3.05, 3.63) is 35.9 Å². The molecule has 0 aliphatic heterocycles. The van der Waals surface area contributed by atoms with Crippen LogP contribution in [0.5, 0.6) is 0 Å². The van der Waals surface area contributed by atoms with Crippen molar-refractivity contribution < 1.29 is 0 Å². The normalized spacial score (nSPS) is 14.3. The second kappa shape index (κ2) is 7.41. The van der Waals surface area contributed by atoms with Crippen LogP contribution < -0.4 is 5.32 Å². The molecule has 2 atom stereocenters. The Morgan fingerprint density at radius 3 is 2.81 bits per heavy atom. The van der Waals surface area contributed by atoms with Crippen LogP contribution in [0, 0.1) is 0 Å². The molecule has 21 heavy (non-hydrogen) atoms. The predicted molar refractivity (Wildman–Crippen MR) is 85.3 cm³/mol. The zero-order valence-electron chi connectivity index (χ0n) is 13.6. The Bertz CT molecular complexity index is 542. The summed E-state index contributed by atoms with van der Waals surface area (Å²) >= 11 is 0. The van der Waals surface area contributed by atoms with Gasteiger partial charge in [0, 0.05) is 30.0 Å². The van der Waals surface area contributed by atoms with E-state index in [0.717, 1.165) is 31.6 Å². The van der Waals surface area contributed by atoms with Crippen molar-refractivity contribution in [3.63, 3.8) is 0 Å². The van der Waals surface area contributed by atoms with Crippen LogP contribution >= 0.6 is 0 Å². The number of nitrogens with one attached hydrogen (secondary N) is 1. The molecule has 2 unspecified atom stereocenters. The fraction of sp³-hybridized carbons (Fsp3) is 0.625. The Balaban J connectivity index is 1.97. The van der Waals surface area contributed by atoms with Crippen LogP contribution in [0.4, 0.5) is 0 Å². The molecule has 0 fully saturated rings. The molecule has 2 rings (SSSR count). The van der Waals surface area contributed by atoms with E-state index in [0.29, 0.717) is 12.1 Å². The third-order valence-corrected chi connectivity index (χ3v) is 3.88. The van der Waals surface area contributed by atoms with Gasteiger partial charge in [0.25, 0.3) is 0 Å². The minimum Gasteiger partial charge on any atom is -0.310 e. The molecule has 0 bridgehead atoms. The fourth-order valence-electron chi connectivity index (χ4n) is 2.23. The van der Waals surface area contributed by atoms with E-state index in [-0.39, 0.29) is 0 Å². The van der Waals surface area contributed by atoms with Gasteiger partial charge in [-0.2, -0.15) is 10.2 Å². The van der Waals surface area contributed by atoms with Gasteiger partial charge in [0.05, 0.1) is 18.4 Å². The Morgan fingerprint density at radius 1 is 1.29 bits per heavy atom. The van der Waals surface area contributed by atoms with Crippen LogP contribution in [0.3, 0.4) is 0 Å². The summed E-state index contributed by atoms with van der Waals surface area (Å²) in [6.07, 6.45) is 8.34. The first-order valence-electron chi connectivity index (χ1n) is 7.93. The number of hydrogen-bond acceptors (Lipinski definition) is 3. The highest BCUT2D eigenvalue weighted by molar-refractivity contribution is 5.10. The van der Waals surface area contributed by atoms with E-state index in [1.807, 2.05) is 15.6 Å². The molecule has 5 nitrogen and oxygen atoms in total. The lowest BCUT2D eigenvalue weighted by molar-refractivity contribution is 0.471. The molecule has 0 spiro atoms. The van der Waals surface area contributed by atoms with Gasteiger partial charge in [0.1, 0.15) is 0 Å². The summed E-state index contributed by atoms with van der Waals surface area (Å²) in [6, 6.07) is 2.87. The predicted octanol–water partition coefficient (Wildman–Crippen LogP) is 3.16. The Hall–Kier alpha value is -1.62. The second-order valence-electron chi connectivity index (χ2n) is 5.69. The summed E-state index contributed by atoms with van der Waals surface area (Å²) in [7, 11) is 0. The summed E-state index contributed by atoms with van der Waals surface area (Å²) in [6.45, 7) is 10.5. The second-order valence-corrected chi connectivity index (χ2v) is 5.69. The minimum atomic E-state index is 0.344. The summed E-state index contributed by atoms with van der Waals surface area (Å²) in [5.41, 5.74) is 2.28. The van der Waals surface area contributed by atoms with E-state index in [1.165, 1.54) is 5.56 Å². The Morgan fingerprint density at radius 2 is 2.10 bits per heavy atom. The summed E-state index contributed by atoms with van der Waals surface area (Å²) in [4.78, 5) is 0. The van der Waals surface area contributed by atoms with E-state index >= 15 is 0 Å². The SMILES string of the molecule is CCCNC(C)c1cnn(Cc2ccn(C(C)CC)n2)c1. The maximum Gasteiger partial charge on any atom is 0.0849 e. The highest BCUT2D eigenvalue weighted by atomic mass is 15.3. The number of hydrogen-bond donors (Lipinski definition) is 1. The molecule has 0 saturated carbocycles. The van der Waals surface area contributed by atoms with Gasteiger partial charge in [-0.05, 0) is 39.3 Å². The maximum atomic E-state index is 4.62. The quantitative estimate of drug-likeness (QED) is 0.812. The van der Waals surface area contributed by atoms with Crippen LogP contribution in [-0.4, -0.2) is 26.1 Å². The summed E-state index contributed by atoms with van der Waals surface area (Å²) in [5.74, 6) is 0. The van der Waals surface area contributed by atoms with E-state index in [4.69, 9.17) is 0 Å². The molecule has 2 aromatic rings. The highest BCUT2D eigenvalue weighted by Crippen LogP contribution is 2.13. The zero-order chi connectivity index (χ0) is 15.2. The molecular weight excluding hydrogens is 262 g/mol. The molecule has 0 aliphatic rings. The zero-order valence-corrected chi connectivity index (χ0v) is 13.6. The minimum absolute atomic E-state index is 0.344. The van der Waals surface area contributed by atoms with Gasteiger partial charge in [-0.15, -0.1) is 0 Å². The van der Waals surface area contributed by atoms with Gasteiger partial charge in [-0.25, -0.2) is 0 Å². The van der Waals surface area contributed by atoms with Crippen LogP contribution in [0.1, 0.15) is 63.9 Å². The first-order chi connectivity index (χ1) is 10.1. The number of rotatable bonds is 8. The average molecular weight is 289 g/mol.